The first-order chi connectivity index (χ1) is 18.6. The van der Waals surface area contributed by atoms with E-state index in [1.807, 2.05) is 31.2 Å². The van der Waals surface area contributed by atoms with Gasteiger partial charge in [-0.1, -0.05) is 50.9 Å². The molecule has 0 saturated heterocycles. The van der Waals surface area contributed by atoms with Crippen LogP contribution in [-0.2, 0) is 13.1 Å². The second-order valence-corrected chi connectivity index (χ2v) is 9.98. The molecule has 0 atom stereocenters. The van der Waals surface area contributed by atoms with E-state index in [0.717, 1.165) is 15.6 Å². The summed E-state index contributed by atoms with van der Waals surface area (Å²) in [6, 6.07) is 16.0. The van der Waals surface area contributed by atoms with Crippen LogP contribution in [0.5, 0.6) is 0 Å². The quantitative estimate of drug-likeness (QED) is 0.199. The number of rotatable bonds is 8. The predicted octanol–water partition coefficient (Wildman–Crippen LogP) is 5.49. The van der Waals surface area contributed by atoms with Crippen molar-refractivity contribution in [2.24, 2.45) is 0 Å². The van der Waals surface area contributed by atoms with E-state index in [9.17, 15) is 19.7 Å². The van der Waals surface area contributed by atoms with Crippen LogP contribution in [0.1, 0.15) is 27.2 Å². The molecule has 0 aliphatic heterocycles. The first-order valence-corrected chi connectivity index (χ1v) is 12.8. The average Bonchev–Trinajstić information content (AvgIpc) is 3.38. The largest absolute Gasteiger partial charge is 0.337 e. The number of halogens is 2. The molecule has 1 heterocycles. The van der Waals surface area contributed by atoms with Crippen LogP contribution in [0, 0.1) is 17.0 Å². The molecule has 4 aromatic rings. The Morgan fingerprint density at radius 2 is 1.92 bits per heavy atom. The maximum absolute atomic E-state index is 13.4. The van der Waals surface area contributed by atoms with E-state index < -0.39 is 11.0 Å². The van der Waals surface area contributed by atoms with Crippen LogP contribution in [0.4, 0.5) is 16.2 Å². The molecule has 0 spiro atoms. The summed E-state index contributed by atoms with van der Waals surface area (Å²) in [6.45, 7) is 2.20. The summed E-state index contributed by atoms with van der Waals surface area (Å²) in [5, 5.41) is 25.0. The number of nitro groups is 1. The Balaban J connectivity index is 1.47. The Morgan fingerprint density at radius 1 is 1.15 bits per heavy atom. The topological polar surface area (TPSA) is 135 Å². The molecule has 0 bridgehead atoms. The van der Waals surface area contributed by atoms with E-state index in [0.29, 0.717) is 28.5 Å². The maximum Gasteiger partial charge on any atom is 0.319 e. The molecule has 39 heavy (non-hydrogen) atoms. The Morgan fingerprint density at radius 3 is 2.69 bits per heavy atom. The summed E-state index contributed by atoms with van der Waals surface area (Å²) >= 11 is 9.74. The predicted molar refractivity (Wildman–Crippen MR) is 150 cm³/mol. The van der Waals surface area contributed by atoms with Crippen molar-refractivity contribution >= 4 is 50.8 Å². The minimum atomic E-state index is -0.641. The summed E-state index contributed by atoms with van der Waals surface area (Å²) in [6.07, 6.45) is 1.60. The standard InChI is InChI=1S/C26H23BrClN7O4/c1-16-7-9-20(25(36)33(2)14-17-12-18(27)8-10-21(17)28)24(11-16)34-15-19(31-32-34)13-29-26(37)30-22-5-3-4-6-23(22)35(38)39/h3-12,15H,13-14H2,1-2H3,(H2,29,30,37). The van der Waals surface area contributed by atoms with Crippen molar-refractivity contribution in [1.29, 1.82) is 0 Å². The van der Waals surface area contributed by atoms with Crippen molar-refractivity contribution in [2.75, 3.05) is 12.4 Å². The number of nitro benzene ring substituents is 1. The SMILES string of the molecule is Cc1ccc(C(=O)N(C)Cc2cc(Br)ccc2Cl)c(-n2cc(CNC(=O)Nc3ccccc3[N+](=O)[O-])nn2)c1. The second kappa shape index (κ2) is 12.0. The number of nitrogens with zero attached hydrogens (tertiary/aromatic N) is 5. The molecule has 3 aromatic carbocycles. The molecular weight excluding hydrogens is 590 g/mol. The van der Waals surface area contributed by atoms with Gasteiger partial charge in [0.2, 0.25) is 0 Å². The minimum absolute atomic E-state index is 0.00282. The summed E-state index contributed by atoms with van der Waals surface area (Å²) in [5.41, 5.74) is 2.91. The zero-order valence-electron chi connectivity index (χ0n) is 20.9. The highest BCUT2D eigenvalue weighted by Crippen LogP contribution is 2.25. The number of nitrogens with one attached hydrogen (secondary N) is 2. The van der Waals surface area contributed by atoms with Crippen LogP contribution in [0.25, 0.3) is 5.69 Å². The molecule has 200 valence electrons. The lowest BCUT2D eigenvalue weighted by Crippen LogP contribution is -2.28. The molecule has 0 aliphatic rings. The molecule has 13 heteroatoms. The lowest BCUT2D eigenvalue weighted by atomic mass is 10.1. The van der Waals surface area contributed by atoms with Crippen molar-refractivity contribution < 1.29 is 14.5 Å². The number of aryl methyl sites for hydroxylation is 1. The highest BCUT2D eigenvalue weighted by molar-refractivity contribution is 9.10. The summed E-state index contributed by atoms with van der Waals surface area (Å²) in [5.74, 6) is -0.236. The molecule has 1 aromatic heterocycles. The van der Waals surface area contributed by atoms with Gasteiger partial charge in [0, 0.05) is 29.2 Å². The molecule has 0 fully saturated rings. The third kappa shape index (κ3) is 6.78. The molecule has 2 N–H and O–H groups in total. The second-order valence-electron chi connectivity index (χ2n) is 8.65. The zero-order chi connectivity index (χ0) is 28.1. The monoisotopic (exact) mass is 611 g/mol. The van der Waals surface area contributed by atoms with Gasteiger partial charge < -0.3 is 15.5 Å². The van der Waals surface area contributed by atoms with E-state index in [2.05, 4.69) is 36.9 Å². The van der Waals surface area contributed by atoms with Gasteiger partial charge in [-0.2, -0.15) is 0 Å². The fraction of sp³-hybridized carbons (Fsp3) is 0.154. The number of anilines is 1. The molecular formula is C26H23BrClN7O4. The normalized spacial score (nSPS) is 10.7. The number of hydrogen-bond donors (Lipinski definition) is 2. The average molecular weight is 613 g/mol. The third-order valence-electron chi connectivity index (χ3n) is 5.71. The molecule has 11 nitrogen and oxygen atoms in total. The molecule has 0 aliphatic carbocycles. The van der Waals surface area contributed by atoms with Gasteiger partial charge in [0.15, 0.2) is 0 Å². The lowest BCUT2D eigenvalue weighted by Gasteiger charge is -2.20. The van der Waals surface area contributed by atoms with Crippen LogP contribution < -0.4 is 10.6 Å². The molecule has 0 radical (unpaired) electrons. The minimum Gasteiger partial charge on any atom is -0.337 e. The van der Waals surface area contributed by atoms with Crippen LogP contribution in [0.15, 0.2) is 71.3 Å². The van der Waals surface area contributed by atoms with Gasteiger partial charge in [0.05, 0.1) is 28.9 Å². The summed E-state index contributed by atoms with van der Waals surface area (Å²) in [7, 11) is 1.69. The lowest BCUT2D eigenvalue weighted by molar-refractivity contribution is -0.383. The van der Waals surface area contributed by atoms with E-state index in [4.69, 9.17) is 11.6 Å². The highest BCUT2D eigenvalue weighted by atomic mass is 79.9. The van der Waals surface area contributed by atoms with E-state index in [1.54, 1.807) is 36.3 Å². The van der Waals surface area contributed by atoms with Crippen LogP contribution >= 0.6 is 27.5 Å². The Kier molecular flexibility index (Phi) is 8.57. The first kappa shape index (κ1) is 27.7. The highest BCUT2D eigenvalue weighted by Gasteiger charge is 2.20. The molecule has 3 amide bonds. The maximum atomic E-state index is 13.4. The van der Waals surface area contributed by atoms with Crippen LogP contribution in [0.2, 0.25) is 5.02 Å². The van der Waals surface area contributed by atoms with Crippen LogP contribution in [-0.4, -0.2) is 43.8 Å². The van der Waals surface area contributed by atoms with Gasteiger partial charge in [0.1, 0.15) is 11.4 Å². The van der Waals surface area contributed by atoms with Gasteiger partial charge in [-0.05, 0) is 54.4 Å². The fourth-order valence-electron chi connectivity index (χ4n) is 3.78. The van der Waals surface area contributed by atoms with Crippen molar-refractivity contribution in [1.82, 2.24) is 25.2 Å². The number of aromatic nitrogens is 3. The molecule has 0 saturated carbocycles. The Hall–Kier alpha value is -4.29. The number of benzene rings is 3. The van der Waals surface area contributed by atoms with E-state index in [1.165, 1.54) is 22.9 Å². The number of hydrogen-bond acceptors (Lipinski definition) is 6. The molecule has 4 rings (SSSR count). The van der Waals surface area contributed by atoms with Crippen LogP contribution in [0.3, 0.4) is 0 Å². The van der Waals surface area contributed by atoms with Crippen molar-refractivity contribution in [2.45, 2.75) is 20.0 Å². The third-order valence-corrected chi connectivity index (χ3v) is 6.57. The number of para-hydroxylation sites is 2. The van der Waals surface area contributed by atoms with Gasteiger partial charge >= 0.3 is 6.03 Å². The fourth-order valence-corrected chi connectivity index (χ4v) is 4.37. The van der Waals surface area contributed by atoms with Gasteiger partial charge in [-0.15, -0.1) is 5.10 Å². The molecule has 0 unspecified atom stereocenters. The Labute approximate surface area is 237 Å². The summed E-state index contributed by atoms with van der Waals surface area (Å²) < 4.78 is 2.33. The van der Waals surface area contributed by atoms with Crippen molar-refractivity contribution in [3.8, 4) is 5.69 Å². The first-order valence-electron chi connectivity index (χ1n) is 11.6. The smallest absolute Gasteiger partial charge is 0.319 e. The Bertz CT molecular complexity index is 1560. The summed E-state index contributed by atoms with van der Waals surface area (Å²) in [4.78, 5) is 37.9. The number of amides is 3. The van der Waals surface area contributed by atoms with Gasteiger partial charge in [-0.3, -0.25) is 14.9 Å². The van der Waals surface area contributed by atoms with Crippen molar-refractivity contribution in [3.63, 3.8) is 0 Å². The number of urea groups is 1. The van der Waals surface area contributed by atoms with E-state index in [-0.39, 0.29) is 23.8 Å². The number of carbonyl (C=O) groups is 2. The van der Waals surface area contributed by atoms with E-state index >= 15 is 0 Å². The van der Waals surface area contributed by atoms with Gasteiger partial charge in [-0.25, -0.2) is 9.48 Å². The van der Waals surface area contributed by atoms with Gasteiger partial charge in [0.25, 0.3) is 11.6 Å². The zero-order valence-corrected chi connectivity index (χ0v) is 23.2. The number of carbonyl (C=O) groups excluding carboxylic acids is 2. The van der Waals surface area contributed by atoms with Crippen molar-refractivity contribution in [3.05, 3.63) is 109 Å².